The maximum absolute atomic E-state index is 13.3. The highest BCUT2D eigenvalue weighted by atomic mass is 35.5. The third-order valence-corrected chi connectivity index (χ3v) is 5.87. The first-order valence-electron chi connectivity index (χ1n) is 10.7. The summed E-state index contributed by atoms with van der Waals surface area (Å²) in [6.07, 6.45) is 1.51. The van der Waals surface area contributed by atoms with Crippen LogP contribution in [0.15, 0.2) is 41.2 Å². The number of halogens is 1. The van der Waals surface area contributed by atoms with Gasteiger partial charge in [-0.15, -0.1) is 0 Å². The normalized spacial score (nSPS) is 13.9. The minimum Gasteiger partial charge on any atom is -0.493 e. The van der Waals surface area contributed by atoms with Crippen LogP contribution < -0.4 is 10.2 Å². The van der Waals surface area contributed by atoms with E-state index in [0.717, 1.165) is 11.1 Å². The lowest BCUT2D eigenvalue weighted by atomic mass is 10.0. The number of carboxylic acid groups (broad SMARTS) is 1. The van der Waals surface area contributed by atoms with E-state index < -0.39 is 24.2 Å². The highest BCUT2D eigenvalue weighted by Crippen LogP contribution is 2.35. The van der Waals surface area contributed by atoms with Crippen molar-refractivity contribution < 1.29 is 24.2 Å². The van der Waals surface area contributed by atoms with Crippen molar-refractivity contribution in [2.24, 2.45) is 0 Å². The lowest BCUT2D eigenvalue weighted by Crippen LogP contribution is -2.35. The number of benzene rings is 2. The summed E-state index contributed by atoms with van der Waals surface area (Å²) >= 11 is 6.30. The molecule has 0 saturated carbocycles. The van der Waals surface area contributed by atoms with Crippen LogP contribution in [-0.4, -0.2) is 52.4 Å². The fraction of sp³-hybridized carbons (Fsp3) is 0.320. The molecule has 0 atom stereocenters. The topological polar surface area (TPSA) is 98.1 Å². The van der Waals surface area contributed by atoms with Crippen LogP contribution in [0.3, 0.4) is 0 Å². The van der Waals surface area contributed by atoms with E-state index in [1.807, 2.05) is 26.8 Å². The van der Waals surface area contributed by atoms with Crippen LogP contribution in [0.5, 0.6) is 5.75 Å². The molecule has 8 nitrogen and oxygen atoms in total. The second-order valence-corrected chi connectivity index (χ2v) is 9.52. The molecular weight excluding hydrogens is 460 g/mol. The molecule has 1 aliphatic rings. The van der Waals surface area contributed by atoms with Crippen molar-refractivity contribution in [3.8, 4) is 5.75 Å². The van der Waals surface area contributed by atoms with Gasteiger partial charge in [0.2, 0.25) is 0 Å². The molecule has 0 fully saturated rings. The summed E-state index contributed by atoms with van der Waals surface area (Å²) in [7, 11) is 1.42. The van der Waals surface area contributed by atoms with E-state index in [9.17, 15) is 19.5 Å². The molecule has 0 unspecified atom stereocenters. The Kier molecular flexibility index (Phi) is 6.03. The summed E-state index contributed by atoms with van der Waals surface area (Å²) in [5.41, 5.74) is 1.57. The van der Waals surface area contributed by atoms with Gasteiger partial charge in [0.05, 0.1) is 28.6 Å². The number of nitrogens with zero attached hydrogens (tertiary/aromatic N) is 2. The standard InChI is InChI=1S/C25H25ClN2O6/c1-25(2,3)34-24(32)27-10-9-15(12-27)14-5-6-16-19(11-14)28(13-20(29)30)21-17(22(16)31)7-8-18(26)23(21)33-4/h5-9,11H,10,12-13H2,1-4H3,(H,29,30). The third kappa shape index (κ3) is 4.33. The summed E-state index contributed by atoms with van der Waals surface area (Å²) < 4.78 is 12.4. The Morgan fingerprint density at radius 3 is 2.50 bits per heavy atom. The number of amides is 1. The van der Waals surface area contributed by atoms with Crippen molar-refractivity contribution >= 4 is 51.0 Å². The number of hydrogen-bond acceptors (Lipinski definition) is 5. The van der Waals surface area contributed by atoms with Crippen LogP contribution in [0.1, 0.15) is 26.3 Å². The van der Waals surface area contributed by atoms with Gasteiger partial charge in [-0.3, -0.25) is 9.59 Å². The molecule has 2 heterocycles. The molecule has 0 aliphatic carbocycles. The molecule has 4 rings (SSSR count). The fourth-order valence-electron chi connectivity index (χ4n) is 4.13. The summed E-state index contributed by atoms with van der Waals surface area (Å²) in [5, 5.41) is 10.6. The second-order valence-electron chi connectivity index (χ2n) is 9.11. The van der Waals surface area contributed by atoms with Gasteiger partial charge in [0, 0.05) is 18.5 Å². The number of hydrogen-bond donors (Lipinski definition) is 1. The van der Waals surface area contributed by atoms with Gasteiger partial charge >= 0.3 is 12.1 Å². The van der Waals surface area contributed by atoms with Crippen molar-refractivity contribution in [2.75, 3.05) is 20.2 Å². The number of aliphatic carboxylic acids is 1. The number of ether oxygens (including phenoxy) is 2. The Bertz CT molecular complexity index is 1420. The SMILES string of the molecule is COc1c(Cl)ccc2c(=O)c3ccc(C4=CCN(C(=O)OC(C)(C)C)C4)cc3n(CC(=O)O)c12. The van der Waals surface area contributed by atoms with Gasteiger partial charge in [0.15, 0.2) is 11.2 Å². The molecule has 1 aromatic heterocycles. The number of methoxy groups -OCH3 is 1. The van der Waals surface area contributed by atoms with E-state index in [-0.39, 0.29) is 16.2 Å². The lowest BCUT2D eigenvalue weighted by molar-refractivity contribution is -0.137. The first kappa shape index (κ1) is 23.6. The van der Waals surface area contributed by atoms with E-state index in [1.54, 1.807) is 35.2 Å². The van der Waals surface area contributed by atoms with Crippen LogP contribution in [0.4, 0.5) is 4.79 Å². The Hall–Kier alpha value is -3.52. The number of pyridine rings is 1. The minimum absolute atomic E-state index is 0.237. The third-order valence-electron chi connectivity index (χ3n) is 5.57. The highest BCUT2D eigenvalue weighted by Gasteiger charge is 2.26. The maximum Gasteiger partial charge on any atom is 0.410 e. The van der Waals surface area contributed by atoms with Gasteiger partial charge in [-0.1, -0.05) is 23.7 Å². The van der Waals surface area contributed by atoms with Crippen LogP contribution in [0.2, 0.25) is 5.02 Å². The predicted octanol–water partition coefficient (Wildman–Crippen LogP) is 4.54. The van der Waals surface area contributed by atoms with E-state index >= 15 is 0 Å². The van der Waals surface area contributed by atoms with Gasteiger partial charge in [-0.05, 0) is 56.2 Å². The second kappa shape index (κ2) is 8.68. The average Bonchev–Trinajstić information content (AvgIpc) is 3.25. The van der Waals surface area contributed by atoms with Crippen molar-refractivity contribution in [1.82, 2.24) is 9.47 Å². The van der Waals surface area contributed by atoms with Crippen LogP contribution in [-0.2, 0) is 16.1 Å². The molecule has 34 heavy (non-hydrogen) atoms. The molecule has 0 radical (unpaired) electrons. The molecule has 1 N–H and O–H groups in total. The van der Waals surface area contributed by atoms with Crippen LogP contribution in [0.25, 0.3) is 27.4 Å². The van der Waals surface area contributed by atoms with E-state index in [1.165, 1.54) is 11.7 Å². The Balaban J connectivity index is 1.85. The zero-order valence-electron chi connectivity index (χ0n) is 19.3. The number of carbonyl (C=O) groups is 2. The summed E-state index contributed by atoms with van der Waals surface area (Å²) in [5.74, 6) is -0.837. The smallest absolute Gasteiger partial charge is 0.410 e. The Morgan fingerprint density at radius 1 is 1.15 bits per heavy atom. The average molecular weight is 485 g/mol. The highest BCUT2D eigenvalue weighted by molar-refractivity contribution is 6.33. The molecule has 0 saturated heterocycles. The van der Waals surface area contributed by atoms with E-state index in [2.05, 4.69) is 0 Å². The van der Waals surface area contributed by atoms with Crippen LogP contribution in [0, 0.1) is 0 Å². The van der Waals surface area contributed by atoms with Gasteiger partial charge in [-0.25, -0.2) is 4.79 Å². The molecule has 178 valence electrons. The summed E-state index contributed by atoms with van der Waals surface area (Å²) in [6.45, 7) is 5.77. The molecule has 9 heteroatoms. The number of carboxylic acids is 1. The first-order chi connectivity index (χ1) is 16.0. The quantitative estimate of drug-likeness (QED) is 0.546. The lowest BCUT2D eigenvalue weighted by Gasteiger charge is -2.24. The van der Waals surface area contributed by atoms with Gasteiger partial charge < -0.3 is 24.0 Å². The number of rotatable bonds is 4. The van der Waals surface area contributed by atoms with Crippen molar-refractivity contribution in [3.63, 3.8) is 0 Å². The van der Waals surface area contributed by atoms with Crippen LogP contribution >= 0.6 is 11.6 Å². The molecule has 1 amide bonds. The fourth-order valence-corrected chi connectivity index (χ4v) is 4.36. The first-order valence-corrected chi connectivity index (χ1v) is 11.1. The number of carbonyl (C=O) groups excluding carboxylic acids is 1. The molecule has 2 aromatic carbocycles. The number of aromatic nitrogens is 1. The summed E-state index contributed by atoms with van der Waals surface area (Å²) in [4.78, 5) is 39.1. The Labute approximate surface area is 200 Å². The van der Waals surface area contributed by atoms with Crippen molar-refractivity contribution in [2.45, 2.75) is 32.9 Å². The maximum atomic E-state index is 13.3. The van der Waals surface area contributed by atoms with Crippen molar-refractivity contribution in [3.05, 3.63) is 57.2 Å². The summed E-state index contributed by atoms with van der Waals surface area (Å²) in [6, 6.07) is 8.39. The predicted molar refractivity (Wildman–Crippen MR) is 131 cm³/mol. The van der Waals surface area contributed by atoms with E-state index in [0.29, 0.717) is 34.9 Å². The van der Waals surface area contributed by atoms with Gasteiger partial charge in [-0.2, -0.15) is 0 Å². The zero-order valence-corrected chi connectivity index (χ0v) is 20.1. The minimum atomic E-state index is -1.07. The molecule has 1 aliphatic heterocycles. The molecular formula is C25H25ClN2O6. The van der Waals surface area contributed by atoms with Gasteiger partial charge in [0.1, 0.15) is 12.1 Å². The molecule has 0 spiro atoms. The number of fused-ring (bicyclic) bond motifs is 2. The Morgan fingerprint density at radius 2 is 1.85 bits per heavy atom. The van der Waals surface area contributed by atoms with Crippen molar-refractivity contribution in [1.29, 1.82) is 0 Å². The zero-order chi connectivity index (χ0) is 24.8. The van der Waals surface area contributed by atoms with Gasteiger partial charge in [0.25, 0.3) is 0 Å². The monoisotopic (exact) mass is 484 g/mol. The molecule has 3 aromatic rings. The van der Waals surface area contributed by atoms with E-state index in [4.69, 9.17) is 21.1 Å². The molecule has 0 bridgehead atoms. The largest absolute Gasteiger partial charge is 0.493 e.